The molecule has 2 saturated heterocycles. The quantitative estimate of drug-likeness (QED) is 0.759. The number of nitriles is 1. The van der Waals surface area contributed by atoms with Gasteiger partial charge in [-0.15, -0.1) is 0 Å². The molecular weight excluding hydrogens is 238 g/mol. The molecule has 3 rings (SSSR count). The van der Waals surface area contributed by atoms with E-state index in [1.165, 1.54) is 25.9 Å². The van der Waals surface area contributed by atoms with Crippen LogP contribution in [0.2, 0.25) is 0 Å². The second-order valence-corrected chi connectivity index (χ2v) is 5.44. The van der Waals surface area contributed by atoms with Gasteiger partial charge in [0.25, 0.3) is 0 Å². The molecule has 1 aromatic rings. The number of fused-ring (bicyclic) bond motifs is 1. The third-order valence-corrected chi connectivity index (χ3v) is 4.04. The standard InChI is InChI=1S/C14H19N5/c1-11-8-12(9-15)17-14(16-11)19-7-3-6-18-5-2-4-13(18)10-19/h8,13H,2-7,10H2,1H3. The second kappa shape index (κ2) is 5.14. The van der Waals surface area contributed by atoms with Crippen molar-refractivity contribution < 1.29 is 0 Å². The second-order valence-electron chi connectivity index (χ2n) is 5.44. The van der Waals surface area contributed by atoms with Crippen LogP contribution >= 0.6 is 0 Å². The van der Waals surface area contributed by atoms with Gasteiger partial charge in [0.2, 0.25) is 5.95 Å². The summed E-state index contributed by atoms with van der Waals surface area (Å²) in [6.45, 7) is 6.32. The normalized spacial score (nSPS) is 23.8. The van der Waals surface area contributed by atoms with Crippen LogP contribution in [0.5, 0.6) is 0 Å². The first-order valence-corrected chi connectivity index (χ1v) is 7.01. The molecular formula is C14H19N5. The Kier molecular flexibility index (Phi) is 3.34. The van der Waals surface area contributed by atoms with Crippen molar-refractivity contribution in [3.63, 3.8) is 0 Å². The summed E-state index contributed by atoms with van der Waals surface area (Å²) in [7, 11) is 0. The lowest BCUT2D eigenvalue weighted by Gasteiger charge is -2.25. The van der Waals surface area contributed by atoms with Gasteiger partial charge < -0.3 is 4.90 Å². The summed E-state index contributed by atoms with van der Waals surface area (Å²) in [6.07, 6.45) is 3.72. The fourth-order valence-electron chi connectivity index (χ4n) is 3.14. The van der Waals surface area contributed by atoms with Crippen LogP contribution in [0.25, 0.3) is 0 Å². The molecule has 1 unspecified atom stereocenters. The van der Waals surface area contributed by atoms with Crippen LogP contribution in [0.15, 0.2) is 6.07 Å². The van der Waals surface area contributed by atoms with Crippen molar-refractivity contribution in [2.24, 2.45) is 0 Å². The van der Waals surface area contributed by atoms with Gasteiger partial charge in [-0.2, -0.15) is 5.26 Å². The van der Waals surface area contributed by atoms with Gasteiger partial charge in [-0.3, -0.25) is 4.90 Å². The number of aromatic nitrogens is 2. The van der Waals surface area contributed by atoms with Gasteiger partial charge in [0.15, 0.2) is 0 Å². The Balaban J connectivity index is 1.85. The zero-order valence-electron chi connectivity index (χ0n) is 11.3. The number of rotatable bonds is 1. The number of hydrogen-bond acceptors (Lipinski definition) is 5. The lowest BCUT2D eigenvalue weighted by atomic mass is 10.2. The van der Waals surface area contributed by atoms with E-state index >= 15 is 0 Å². The largest absolute Gasteiger partial charge is 0.339 e. The van der Waals surface area contributed by atoms with Crippen LogP contribution in [0.4, 0.5) is 5.95 Å². The molecule has 1 atom stereocenters. The number of anilines is 1. The third-order valence-electron chi connectivity index (χ3n) is 4.04. The molecule has 0 amide bonds. The number of aryl methyl sites for hydroxylation is 1. The van der Waals surface area contributed by atoms with E-state index in [0.29, 0.717) is 11.7 Å². The molecule has 0 bridgehead atoms. The number of hydrogen-bond donors (Lipinski definition) is 0. The van der Waals surface area contributed by atoms with Crippen molar-refractivity contribution in [1.82, 2.24) is 14.9 Å². The summed E-state index contributed by atoms with van der Waals surface area (Å²) >= 11 is 0. The highest BCUT2D eigenvalue weighted by Gasteiger charge is 2.29. The molecule has 5 nitrogen and oxygen atoms in total. The molecule has 3 heterocycles. The summed E-state index contributed by atoms with van der Waals surface area (Å²) in [6, 6.07) is 4.50. The molecule has 0 spiro atoms. The molecule has 0 saturated carbocycles. The van der Waals surface area contributed by atoms with E-state index in [-0.39, 0.29) is 0 Å². The number of nitrogens with zero attached hydrogens (tertiary/aromatic N) is 5. The summed E-state index contributed by atoms with van der Waals surface area (Å²) in [5, 5.41) is 9.02. The maximum Gasteiger partial charge on any atom is 0.226 e. The monoisotopic (exact) mass is 257 g/mol. The third kappa shape index (κ3) is 2.54. The van der Waals surface area contributed by atoms with Crippen LogP contribution in [-0.2, 0) is 0 Å². The lowest BCUT2D eigenvalue weighted by Crippen LogP contribution is -2.37. The Bertz CT molecular complexity index is 507. The van der Waals surface area contributed by atoms with E-state index in [4.69, 9.17) is 5.26 Å². The fourth-order valence-corrected chi connectivity index (χ4v) is 3.14. The maximum atomic E-state index is 9.02. The van der Waals surface area contributed by atoms with Gasteiger partial charge in [-0.05, 0) is 38.8 Å². The first-order chi connectivity index (χ1) is 9.26. The van der Waals surface area contributed by atoms with E-state index < -0.39 is 0 Å². The summed E-state index contributed by atoms with van der Waals surface area (Å²) in [5.74, 6) is 0.727. The molecule has 2 aliphatic heterocycles. The molecule has 5 heteroatoms. The maximum absolute atomic E-state index is 9.02. The van der Waals surface area contributed by atoms with E-state index in [0.717, 1.165) is 31.2 Å². The molecule has 19 heavy (non-hydrogen) atoms. The smallest absolute Gasteiger partial charge is 0.226 e. The lowest BCUT2D eigenvalue weighted by molar-refractivity contribution is 0.273. The Hall–Kier alpha value is -1.67. The van der Waals surface area contributed by atoms with Crippen LogP contribution in [0.1, 0.15) is 30.7 Å². The Morgan fingerprint density at radius 2 is 2.11 bits per heavy atom. The molecule has 0 radical (unpaired) electrons. The highest BCUT2D eigenvalue weighted by molar-refractivity contribution is 5.36. The van der Waals surface area contributed by atoms with Gasteiger partial charge in [0.1, 0.15) is 11.8 Å². The zero-order chi connectivity index (χ0) is 13.2. The van der Waals surface area contributed by atoms with Crippen LogP contribution in [-0.4, -0.2) is 47.1 Å². The van der Waals surface area contributed by atoms with E-state index in [1.54, 1.807) is 6.07 Å². The summed E-state index contributed by atoms with van der Waals surface area (Å²) in [4.78, 5) is 13.7. The minimum Gasteiger partial charge on any atom is -0.339 e. The topological polar surface area (TPSA) is 56.1 Å². The summed E-state index contributed by atoms with van der Waals surface area (Å²) in [5.41, 5.74) is 1.34. The highest BCUT2D eigenvalue weighted by atomic mass is 15.3. The molecule has 0 aliphatic carbocycles. The average molecular weight is 257 g/mol. The van der Waals surface area contributed by atoms with Crippen LogP contribution in [0.3, 0.4) is 0 Å². The van der Waals surface area contributed by atoms with E-state index in [1.807, 2.05) is 6.92 Å². The van der Waals surface area contributed by atoms with Gasteiger partial charge >= 0.3 is 0 Å². The van der Waals surface area contributed by atoms with E-state index in [9.17, 15) is 0 Å². The van der Waals surface area contributed by atoms with E-state index in [2.05, 4.69) is 25.8 Å². The minimum atomic E-state index is 0.468. The van der Waals surface area contributed by atoms with Crippen molar-refractivity contribution in [2.75, 3.05) is 31.1 Å². The minimum absolute atomic E-state index is 0.468. The average Bonchev–Trinajstić information content (AvgIpc) is 2.75. The predicted octanol–water partition coefficient (Wildman–Crippen LogP) is 1.33. The molecule has 0 aromatic carbocycles. The first-order valence-electron chi connectivity index (χ1n) is 7.01. The van der Waals surface area contributed by atoms with Crippen molar-refractivity contribution in [1.29, 1.82) is 5.26 Å². The van der Waals surface area contributed by atoms with Crippen molar-refractivity contribution >= 4 is 5.95 Å². The molecule has 1 aromatic heterocycles. The summed E-state index contributed by atoms with van der Waals surface area (Å²) < 4.78 is 0. The Morgan fingerprint density at radius 1 is 1.26 bits per heavy atom. The Labute approximate surface area is 113 Å². The van der Waals surface area contributed by atoms with Gasteiger partial charge in [0.05, 0.1) is 0 Å². The SMILES string of the molecule is Cc1cc(C#N)nc(N2CCCN3CCCC3C2)n1. The van der Waals surface area contributed by atoms with Crippen molar-refractivity contribution in [3.8, 4) is 6.07 Å². The first kappa shape index (κ1) is 12.4. The van der Waals surface area contributed by atoms with Gasteiger partial charge in [0, 0.05) is 31.4 Å². The van der Waals surface area contributed by atoms with Crippen molar-refractivity contribution in [2.45, 2.75) is 32.2 Å². The molecule has 2 aliphatic rings. The molecule has 2 fully saturated rings. The Morgan fingerprint density at radius 3 is 2.95 bits per heavy atom. The van der Waals surface area contributed by atoms with Crippen LogP contribution < -0.4 is 4.90 Å². The van der Waals surface area contributed by atoms with Gasteiger partial charge in [-0.1, -0.05) is 0 Å². The predicted molar refractivity (Wildman–Crippen MR) is 72.9 cm³/mol. The highest BCUT2D eigenvalue weighted by Crippen LogP contribution is 2.23. The van der Waals surface area contributed by atoms with Crippen molar-refractivity contribution in [3.05, 3.63) is 17.5 Å². The zero-order valence-corrected chi connectivity index (χ0v) is 11.3. The molecule has 100 valence electrons. The van der Waals surface area contributed by atoms with Gasteiger partial charge in [-0.25, -0.2) is 9.97 Å². The fraction of sp³-hybridized carbons (Fsp3) is 0.643. The van der Waals surface area contributed by atoms with Crippen LogP contribution in [0, 0.1) is 18.3 Å². The molecule has 0 N–H and O–H groups in total.